The number of aliphatic hydroxyl groups excluding tert-OH is 1. The molecule has 180 valence electrons. The van der Waals surface area contributed by atoms with Crippen LogP contribution in [0.15, 0.2) is 12.2 Å². The maximum absolute atomic E-state index is 13.1. The van der Waals surface area contributed by atoms with Gasteiger partial charge in [-0.05, 0) is 63.2 Å². The third-order valence-corrected chi connectivity index (χ3v) is 6.72. The lowest BCUT2D eigenvalue weighted by atomic mass is 9.81. The van der Waals surface area contributed by atoms with E-state index in [2.05, 4.69) is 25.0 Å². The van der Waals surface area contributed by atoms with Crippen LogP contribution in [0.2, 0.25) is 0 Å². The van der Waals surface area contributed by atoms with Gasteiger partial charge in [0.25, 0.3) is 6.48 Å². The SMILES string of the molecule is C#CCC(CC)COC(O)OC(CCF)CCC1C(CC=CCCCC)CCC1(C)O. The predicted octanol–water partition coefficient (Wildman–Crippen LogP) is 5.77. The van der Waals surface area contributed by atoms with Crippen LogP contribution in [0, 0.1) is 30.1 Å². The quantitative estimate of drug-likeness (QED) is 0.131. The van der Waals surface area contributed by atoms with E-state index in [-0.39, 0.29) is 18.3 Å². The van der Waals surface area contributed by atoms with Crippen molar-refractivity contribution >= 4 is 0 Å². The molecule has 1 aliphatic carbocycles. The highest BCUT2D eigenvalue weighted by atomic mass is 19.1. The Balaban J connectivity index is 2.55. The average Bonchev–Trinajstić information content (AvgIpc) is 3.02. The molecule has 2 N–H and O–H groups in total. The summed E-state index contributed by atoms with van der Waals surface area (Å²) in [7, 11) is 0. The molecule has 5 heteroatoms. The maximum Gasteiger partial charge on any atom is 0.269 e. The molecular weight excluding hydrogens is 395 g/mol. The zero-order valence-electron chi connectivity index (χ0n) is 19.9. The van der Waals surface area contributed by atoms with Gasteiger partial charge in [0, 0.05) is 12.8 Å². The molecule has 0 bridgehead atoms. The maximum atomic E-state index is 13.1. The second-order valence-corrected chi connectivity index (χ2v) is 9.25. The van der Waals surface area contributed by atoms with Crippen LogP contribution in [0.1, 0.15) is 91.4 Å². The average molecular weight is 441 g/mol. The number of halogens is 1. The monoisotopic (exact) mass is 440 g/mol. The number of hydrogen-bond acceptors (Lipinski definition) is 4. The Morgan fingerprint density at radius 1 is 1.29 bits per heavy atom. The van der Waals surface area contributed by atoms with E-state index in [1.807, 2.05) is 13.8 Å². The highest BCUT2D eigenvalue weighted by molar-refractivity contribution is 4.97. The smallest absolute Gasteiger partial charge is 0.269 e. The molecule has 1 saturated carbocycles. The van der Waals surface area contributed by atoms with Crippen molar-refractivity contribution in [1.29, 1.82) is 0 Å². The summed E-state index contributed by atoms with van der Waals surface area (Å²) in [6.07, 6.45) is 18.7. The van der Waals surface area contributed by atoms with E-state index in [0.29, 0.717) is 25.4 Å². The molecule has 0 heterocycles. The van der Waals surface area contributed by atoms with Crippen molar-refractivity contribution in [1.82, 2.24) is 0 Å². The molecule has 6 unspecified atom stereocenters. The molecule has 0 saturated heterocycles. The fraction of sp³-hybridized carbons (Fsp3) is 0.846. The largest absolute Gasteiger partial charge is 0.390 e. The molecule has 0 aromatic carbocycles. The standard InChI is InChI=1S/C26H45FO4/c1-5-8-9-10-11-13-22-16-18-26(4,29)24(22)15-14-23(17-19-27)31-25(28)30-20-21(7-3)12-6-2/h2,10-11,21-25,28-29H,5,7-9,12-20H2,1,3-4H3. The minimum absolute atomic E-state index is 0.146. The minimum Gasteiger partial charge on any atom is -0.390 e. The molecule has 6 atom stereocenters. The molecule has 1 rings (SSSR count). The van der Waals surface area contributed by atoms with Gasteiger partial charge in [0.1, 0.15) is 0 Å². The Kier molecular flexibility index (Phi) is 14.3. The van der Waals surface area contributed by atoms with Crippen molar-refractivity contribution in [3.63, 3.8) is 0 Å². The van der Waals surface area contributed by atoms with Gasteiger partial charge in [0.15, 0.2) is 0 Å². The minimum atomic E-state index is -1.38. The first-order chi connectivity index (χ1) is 14.9. The first kappa shape index (κ1) is 28.1. The highest BCUT2D eigenvalue weighted by Crippen LogP contribution is 2.45. The molecule has 0 aromatic heterocycles. The Morgan fingerprint density at radius 3 is 2.71 bits per heavy atom. The van der Waals surface area contributed by atoms with E-state index in [0.717, 1.165) is 38.5 Å². The topological polar surface area (TPSA) is 58.9 Å². The van der Waals surface area contributed by atoms with Crippen molar-refractivity contribution in [2.45, 2.75) is 110 Å². The molecule has 0 amide bonds. The first-order valence-electron chi connectivity index (χ1n) is 12.2. The molecule has 0 spiro atoms. The van der Waals surface area contributed by atoms with Crippen molar-refractivity contribution < 1.29 is 24.1 Å². The summed E-state index contributed by atoms with van der Waals surface area (Å²) in [4.78, 5) is 0. The number of allylic oxidation sites excluding steroid dienone is 2. The van der Waals surface area contributed by atoms with E-state index in [1.165, 1.54) is 12.8 Å². The molecular formula is C26H45FO4. The predicted molar refractivity (Wildman–Crippen MR) is 124 cm³/mol. The molecule has 1 fully saturated rings. The lowest BCUT2D eigenvalue weighted by molar-refractivity contribution is -0.287. The summed E-state index contributed by atoms with van der Waals surface area (Å²) in [5, 5.41) is 21.0. The summed E-state index contributed by atoms with van der Waals surface area (Å²) in [6.45, 7) is 4.54. The number of terminal acetylenes is 1. The normalized spacial score (nSPS) is 26.7. The molecule has 0 aliphatic heterocycles. The summed E-state index contributed by atoms with van der Waals surface area (Å²) in [5.74, 6) is 3.35. The molecule has 0 radical (unpaired) electrons. The fourth-order valence-corrected chi connectivity index (χ4v) is 4.59. The van der Waals surface area contributed by atoms with Gasteiger partial charge in [-0.1, -0.05) is 45.3 Å². The summed E-state index contributed by atoms with van der Waals surface area (Å²) in [5.41, 5.74) is -0.707. The number of unbranched alkanes of at least 4 members (excludes halogenated alkanes) is 2. The van der Waals surface area contributed by atoms with Crippen LogP contribution >= 0.6 is 0 Å². The van der Waals surface area contributed by atoms with Gasteiger partial charge in [-0.3, -0.25) is 4.39 Å². The van der Waals surface area contributed by atoms with Crippen LogP contribution in [-0.4, -0.2) is 41.7 Å². The molecule has 0 aromatic rings. The first-order valence-corrected chi connectivity index (χ1v) is 12.2. The highest BCUT2D eigenvalue weighted by Gasteiger charge is 2.43. The summed E-state index contributed by atoms with van der Waals surface area (Å²) in [6, 6.07) is 0. The molecule has 31 heavy (non-hydrogen) atoms. The van der Waals surface area contributed by atoms with E-state index in [4.69, 9.17) is 15.9 Å². The van der Waals surface area contributed by atoms with Gasteiger partial charge in [-0.25, -0.2) is 0 Å². The van der Waals surface area contributed by atoms with Crippen LogP contribution in [0.3, 0.4) is 0 Å². The van der Waals surface area contributed by atoms with E-state index < -0.39 is 24.9 Å². The van der Waals surface area contributed by atoms with Crippen LogP contribution in [0.4, 0.5) is 4.39 Å². The number of rotatable bonds is 17. The van der Waals surface area contributed by atoms with Crippen molar-refractivity contribution in [2.75, 3.05) is 13.3 Å². The van der Waals surface area contributed by atoms with Crippen LogP contribution in [0.5, 0.6) is 0 Å². The fourth-order valence-electron chi connectivity index (χ4n) is 4.59. The van der Waals surface area contributed by atoms with Gasteiger partial charge >= 0.3 is 0 Å². The molecule has 1 aliphatic rings. The zero-order chi connectivity index (χ0) is 23.1. The van der Waals surface area contributed by atoms with Crippen molar-refractivity contribution in [3.8, 4) is 12.3 Å². The Morgan fingerprint density at radius 2 is 2.06 bits per heavy atom. The summed E-state index contributed by atoms with van der Waals surface area (Å²) < 4.78 is 24.1. The van der Waals surface area contributed by atoms with Crippen molar-refractivity contribution in [2.24, 2.45) is 17.8 Å². The molecule has 4 nitrogen and oxygen atoms in total. The van der Waals surface area contributed by atoms with E-state index in [1.54, 1.807) is 0 Å². The van der Waals surface area contributed by atoms with Gasteiger partial charge in [0.05, 0.1) is 25.0 Å². The number of ether oxygens (including phenoxy) is 2. The number of aliphatic hydroxyl groups is 2. The van der Waals surface area contributed by atoms with Crippen LogP contribution < -0.4 is 0 Å². The van der Waals surface area contributed by atoms with Crippen LogP contribution in [-0.2, 0) is 9.47 Å². The van der Waals surface area contributed by atoms with Crippen LogP contribution in [0.25, 0.3) is 0 Å². The third kappa shape index (κ3) is 11.0. The Labute approximate surface area is 189 Å². The third-order valence-electron chi connectivity index (χ3n) is 6.72. The zero-order valence-corrected chi connectivity index (χ0v) is 19.9. The Hall–Kier alpha value is -0.930. The van der Waals surface area contributed by atoms with E-state index in [9.17, 15) is 14.6 Å². The van der Waals surface area contributed by atoms with Crippen molar-refractivity contribution in [3.05, 3.63) is 12.2 Å². The van der Waals surface area contributed by atoms with Gasteiger partial charge in [-0.15, -0.1) is 12.3 Å². The second-order valence-electron chi connectivity index (χ2n) is 9.25. The number of hydrogen-bond donors (Lipinski definition) is 2. The lowest BCUT2D eigenvalue weighted by Gasteiger charge is -2.31. The number of alkyl halides is 1. The Bertz CT molecular complexity index is 528. The van der Waals surface area contributed by atoms with Gasteiger partial charge in [0.2, 0.25) is 0 Å². The lowest BCUT2D eigenvalue weighted by Crippen LogP contribution is -2.33. The summed E-state index contributed by atoms with van der Waals surface area (Å²) >= 11 is 0. The van der Waals surface area contributed by atoms with Gasteiger partial charge < -0.3 is 19.7 Å². The van der Waals surface area contributed by atoms with E-state index >= 15 is 0 Å². The second kappa shape index (κ2) is 15.8. The van der Waals surface area contributed by atoms with Gasteiger partial charge in [-0.2, -0.15) is 0 Å².